The van der Waals surface area contributed by atoms with E-state index in [0.29, 0.717) is 5.56 Å². The zero-order valence-electron chi connectivity index (χ0n) is 25.5. The van der Waals surface area contributed by atoms with Crippen LogP contribution in [0.5, 0.6) is 0 Å². The molecular formula is C34H40F2O6S. The largest absolute Gasteiger partial charge is 0.449 e. The fourth-order valence-electron chi connectivity index (χ4n) is 8.76. The van der Waals surface area contributed by atoms with Crippen LogP contribution in [0.4, 0.5) is 8.78 Å². The predicted molar refractivity (Wildman–Crippen MR) is 160 cm³/mol. The van der Waals surface area contributed by atoms with E-state index in [4.69, 9.17) is 4.74 Å². The standard InChI is InChI=1S/C34H40F2O6S/c1-7-27(39)42-34(29(41)43-30(3,4)28(40)20-11-9-8-10-12-20)19(2)15-22-23-17-25(35)24-16-21(37)13-14-31(24,5)33(23,36)26(38)18-32(22,34)6/h8-14,16,19,22-23,25-26,38H,7,15,17-18H2,1-6H3/t19-,22+,23+,25+,26+,31+,32+,33+,34+/m1/s1. The number of carbonyl (C=O) groups excluding carboxylic acids is 4. The lowest BCUT2D eigenvalue weighted by Crippen LogP contribution is -2.70. The van der Waals surface area contributed by atoms with Gasteiger partial charge in [-0.15, -0.1) is 0 Å². The van der Waals surface area contributed by atoms with Crippen molar-refractivity contribution >= 4 is 34.4 Å². The van der Waals surface area contributed by atoms with Crippen LogP contribution in [0.2, 0.25) is 0 Å². The van der Waals surface area contributed by atoms with Crippen molar-refractivity contribution < 1.29 is 37.8 Å². The number of alkyl halides is 2. The summed E-state index contributed by atoms with van der Waals surface area (Å²) in [6.45, 7) is 9.92. The van der Waals surface area contributed by atoms with Crippen molar-refractivity contribution in [2.24, 2.45) is 28.6 Å². The van der Waals surface area contributed by atoms with Crippen molar-refractivity contribution in [2.45, 2.75) is 95.5 Å². The number of fused-ring (bicyclic) bond motifs is 5. The van der Waals surface area contributed by atoms with Crippen molar-refractivity contribution in [2.75, 3.05) is 0 Å². The van der Waals surface area contributed by atoms with Crippen LogP contribution in [-0.2, 0) is 19.1 Å². The van der Waals surface area contributed by atoms with Gasteiger partial charge in [-0.25, -0.2) is 8.78 Å². The van der Waals surface area contributed by atoms with Crippen molar-refractivity contribution in [1.82, 2.24) is 0 Å². The van der Waals surface area contributed by atoms with E-state index in [-0.39, 0.29) is 37.0 Å². The van der Waals surface area contributed by atoms with Crippen molar-refractivity contribution in [3.8, 4) is 0 Å². The molecule has 6 nitrogen and oxygen atoms in total. The summed E-state index contributed by atoms with van der Waals surface area (Å²) in [5, 5.41) is 11.2. The smallest absolute Gasteiger partial charge is 0.306 e. The van der Waals surface area contributed by atoms with Gasteiger partial charge in [0.25, 0.3) is 0 Å². The summed E-state index contributed by atoms with van der Waals surface area (Å²) in [6, 6.07) is 8.60. The molecule has 43 heavy (non-hydrogen) atoms. The molecule has 3 fully saturated rings. The van der Waals surface area contributed by atoms with Gasteiger partial charge in [-0.05, 0) is 63.7 Å². The van der Waals surface area contributed by atoms with Gasteiger partial charge in [0.2, 0.25) is 5.12 Å². The van der Waals surface area contributed by atoms with Crippen LogP contribution in [0.1, 0.15) is 77.6 Å². The Morgan fingerprint density at radius 3 is 2.40 bits per heavy atom. The third-order valence-electron chi connectivity index (χ3n) is 11.0. The number of allylic oxidation sites excluding steroid dienone is 4. The van der Waals surface area contributed by atoms with Gasteiger partial charge in [0.05, 0.1) is 10.9 Å². The minimum atomic E-state index is -2.33. The summed E-state index contributed by atoms with van der Waals surface area (Å²) in [6.07, 6.45) is 0.175. The first kappa shape index (κ1) is 31.8. The number of halogens is 2. The van der Waals surface area contributed by atoms with Crippen LogP contribution in [0.3, 0.4) is 0 Å². The topological polar surface area (TPSA) is 97.7 Å². The highest BCUT2D eigenvalue weighted by atomic mass is 32.2. The van der Waals surface area contributed by atoms with Crippen LogP contribution in [-0.4, -0.2) is 56.1 Å². The van der Waals surface area contributed by atoms with Gasteiger partial charge in [-0.2, -0.15) is 0 Å². The maximum absolute atomic E-state index is 17.7. The SMILES string of the molecule is CCC(=O)O[C@]1(C(=O)SC(C)(C)C(=O)c2ccccc2)[C@H](C)C[C@H]2[C@@H]3C[C@H](F)C4=CC(=O)C=C[C@]4(C)[C@@]3(F)[C@@H](O)C[C@@]21C. The Labute approximate surface area is 255 Å². The molecule has 232 valence electrons. The molecule has 0 aliphatic heterocycles. The van der Waals surface area contributed by atoms with Crippen LogP contribution in [0.15, 0.2) is 54.1 Å². The molecule has 5 rings (SSSR count). The lowest BCUT2D eigenvalue weighted by molar-refractivity contribution is -0.228. The summed E-state index contributed by atoms with van der Waals surface area (Å²) in [7, 11) is 0. The number of ether oxygens (including phenoxy) is 1. The fourth-order valence-corrected chi connectivity index (χ4v) is 10.1. The molecule has 9 atom stereocenters. The maximum Gasteiger partial charge on any atom is 0.306 e. The molecule has 1 aromatic carbocycles. The Hall–Kier alpha value is -2.65. The van der Waals surface area contributed by atoms with Crippen molar-refractivity contribution in [3.63, 3.8) is 0 Å². The van der Waals surface area contributed by atoms with Gasteiger partial charge >= 0.3 is 5.97 Å². The summed E-state index contributed by atoms with van der Waals surface area (Å²) in [5.41, 5.74) is -6.51. The number of benzene rings is 1. The first-order chi connectivity index (χ1) is 20.0. The Morgan fingerprint density at radius 2 is 1.77 bits per heavy atom. The van der Waals surface area contributed by atoms with Gasteiger partial charge in [0.1, 0.15) is 6.17 Å². The van der Waals surface area contributed by atoms with E-state index in [9.17, 15) is 24.3 Å². The summed E-state index contributed by atoms with van der Waals surface area (Å²) < 4.78 is 38.4. The van der Waals surface area contributed by atoms with Gasteiger partial charge in [0.15, 0.2) is 22.8 Å². The zero-order valence-corrected chi connectivity index (χ0v) is 26.3. The second-order valence-electron chi connectivity index (χ2n) is 13.7. The number of aliphatic hydroxyl groups is 1. The molecule has 9 heteroatoms. The Morgan fingerprint density at radius 1 is 1.12 bits per heavy atom. The fraction of sp³-hybridized carbons (Fsp3) is 0.588. The van der Waals surface area contributed by atoms with E-state index in [2.05, 4.69) is 0 Å². The van der Waals surface area contributed by atoms with E-state index < -0.39 is 73.7 Å². The first-order valence-electron chi connectivity index (χ1n) is 15.0. The van der Waals surface area contributed by atoms with E-state index in [1.165, 1.54) is 19.1 Å². The highest BCUT2D eigenvalue weighted by molar-refractivity contribution is 8.15. The molecule has 4 aliphatic carbocycles. The summed E-state index contributed by atoms with van der Waals surface area (Å²) >= 11 is 0.786. The molecular weight excluding hydrogens is 574 g/mol. The monoisotopic (exact) mass is 614 g/mol. The number of hydrogen-bond donors (Lipinski definition) is 1. The number of aliphatic hydroxyl groups excluding tert-OH is 1. The normalized spacial score (nSPS) is 40.2. The molecule has 1 N–H and O–H groups in total. The number of esters is 1. The average Bonchev–Trinajstić information content (AvgIpc) is 3.17. The number of thioether (sulfide) groups is 1. The Bertz CT molecular complexity index is 1420. The number of rotatable bonds is 6. The molecule has 1 aromatic rings. The number of hydrogen-bond acceptors (Lipinski definition) is 7. The van der Waals surface area contributed by atoms with Crippen LogP contribution in [0, 0.1) is 28.6 Å². The quantitative estimate of drug-likeness (QED) is 0.303. The lowest BCUT2D eigenvalue weighted by Gasteiger charge is -2.63. The predicted octanol–water partition coefficient (Wildman–Crippen LogP) is 6.16. The van der Waals surface area contributed by atoms with E-state index >= 15 is 8.78 Å². The Kier molecular flexibility index (Phi) is 7.73. The van der Waals surface area contributed by atoms with Crippen molar-refractivity contribution in [1.29, 1.82) is 0 Å². The highest BCUT2D eigenvalue weighted by Gasteiger charge is 2.78. The van der Waals surface area contributed by atoms with Crippen LogP contribution < -0.4 is 0 Å². The molecule has 0 saturated heterocycles. The van der Waals surface area contributed by atoms with E-state index in [1.54, 1.807) is 65.0 Å². The summed E-state index contributed by atoms with van der Waals surface area (Å²) in [5.74, 6) is -3.61. The first-order valence-corrected chi connectivity index (χ1v) is 15.8. The number of ketones is 2. The number of carbonyl (C=O) groups is 4. The molecule has 0 radical (unpaired) electrons. The molecule has 4 aliphatic rings. The molecule has 3 saturated carbocycles. The summed E-state index contributed by atoms with van der Waals surface area (Å²) in [4.78, 5) is 53.3. The molecule has 0 unspecified atom stereocenters. The van der Waals surface area contributed by atoms with Gasteiger partial charge in [-0.1, -0.05) is 68.9 Å². The van der Waals surface area contributed by atoms with Gasteiger partial charge < -0.3 is 9.84 Å². The second kappa shape index (κ2) is 10.5. The van der Waals surface area contributed by atoms with Gasteiger partial charge in [0, 0.05) is 34.7 Å². The number of Topliss-reactive ketones (excluding diaryl/α,β-unsaturated/α-hetero) is 1. The molecule has 0 spiro atoms. The minimum Gasteiger partial charge on any atom is -0.449 e. The Balaban J connectivity index is 1.59. The zero-order chi connectivity index (χ0) is 31.8. The molecule has 0 aromatic heterocycles. The second-order valence-corrected chi connectivity index (χ2v) is 15.2. The van der Waals surface area contributed by atoms with Crippen molar-refractivity contribution in [3.05, 3.63) is 59.7 Å². The van der Waals surface area contributed by atoms with E-state index in [0.717, 1.165) is 17.8 Å². The molecule has 0 bridgehead atoms. The third-order valence-corrected chi connectivity index (χ3v) is 12.2. The van der Waals surface area contributed by atoms with E-state index in [1.807, 2.05) is 0 Å². The third kappa shape index (κ3) is 4.35. The highest BCUT2D eigenvalue weighted by Crippen LogP contribution is 2.72. The maximum atomic E-state index is 17.7. The van der Waals surface area contributed by atoms with Crippen LogP contribution >= 0.6 is 11.8 Å². The average molecular weight is 615 g/mol. The molecule has 0 amide bonds. The van der Waals surface area contributed by atoms with Gasteiger partial charge in [-0.3, -0.25) is 19.2 Å². The lowest BCUT2D eigenvalue weighted by atomic mass is 9.44. The molecule has 0 heterocycles. The van der Waals surface area contributed by atoms with Crippen LogP contribution in [0.25, 0.3) is 0 Å². The minimum absolute atomic E-state index is 0.0175.